The van der Waals surface area contributed by atoms with Crippen LogP contribution in [0.15, 0.2) is 58.0 Å². The summed E-state index contributed by atoms with van der Waals surface area (Å²) in [4.78, 5) is 17.1. The minimum atomic E-state index is -4.05. The number of amides is 1. The molecule has 6 nitrogen and oxygen atoms in total. The lowest BCUT2D eigenvalue weighted by atomic mass is 10.00. The molecule has 1 aliphatic rings. The highest BCUT2D eigenvalue weighted by atomic mass is 79.9. The minimum Gasteiger partial charge on any atom is -0.496 e. The maximum absolute atomic E-state index is 12.9. The predicted octanol–water partition coefficient (Wildman–Crippen LogP) is 3.54. The normalized spacial score (nSPS) is 16.0. The molecular weight excluding hydrogens is 444 g/mol. The van der Waals surface area contributed by atoms with E-state index < -0.39 is 21.8 Å². The van der Waals surface area contributed by atoms with Gasteiger partial charge >= 0.3 is 0 Å². The Morgan fingerprint density at radius 3 is 2.82 bits per heavy atom. The SMILES string of the molecule is COc1ccc(Br)c2c1C(C(=O)NS(=O)(=O)c1cccc3ncccc13)CC2. The van der Waals surface area contributed by atoms with Crippen LogP contribution >= 0.6 is 15.9 Å². The van der Waals surface area contributed by atoms with Crippen molar-refractivity contribution in [2.24, 2.45) is 0 Å². The highest BCUT2D eigenvalue weighted by Crippen LogP contribution is 2.43. The van der Waals surface area contributed by atoms with Gasteiger partial charge in [-0.15, -0.1) is 0 Å². The van der Waals surface area contributed by atoms with Crippen molar-refractivity contribution >= 4 is 42.8 Å². The number of benzene rings is 2. The average molecular weight is 461 g/mol. The van der Waals surface area contributed by atoms with E-state index in [1.54, 1.807) is 36.5 Å². The van der Waals surface area contributed by atoms with Crippen LogP contribution in [0.25, 0.3) is 10.9 Å². The van der Waals surface area contributed by atoms with Crippen molar-refractivity contribution in [2.75, 3.05) is 7.11 Å². The third kappa shape index (κ3) is 3.16. The Labute approximate surface area is 171 Å². The molecule has 1 unspecified atom stereocenters. The number of hydrogen-bond donors (Lipinski definition) is 1. The second-order valence-corrected chi connectivity index (χ2v) is 9.03. The van der Waals surface area contributed by atoms with Crippen molar-refractivity contribution in [2.45, 2.75) is 23.7 Å². The van der Waals surface area contributed by atoms with Crippen LogP contribution in [0.4, 0.5) is 0 Å². The summed E-state index contributed by atoms with van der Waals surface area (Å²) in [6.07, 6.45) is 2.78. The number of carbonyl (C=O) groups is 1. The summed E-state index contributed by atoms with van der Waals surface area (Å²) in [5.41, 5.74) is 2.27. The van der Waals surface area contributed by atoms with Crippen molar-refractivity contribution in [3.05, 3.63) is 64.3 Å². The molecule has 1 atom stereocenters. The summed E-state index contributed by atoms with van der Waals surface area (Å²) < 4.78 is 34.4. The fraction of sp³-hybridized carbons (Fsp3) is 0.200. The van der Waals surface area contributed by atoms with Gasteiger partial charge in [0.25, 0.3) is 10.0 Å². The molecule has 2 aromatic carbocycles. The van der Waals surface area contributed by atoms with E-state index in [1.807, 2.05) is 6.07 Å². The topological polar surface area (TPSA) is 85.4 Å². The quantitative estimate of drug-likeness (QED) is 0.643. The summed E-state index contributed by atoms with van der Waals surface area (Å²) in [6.45, 7) is 0. The fourth-order valence-electron chi connectivity index (χ4n) is 3.69. The number of aromatic nitrogens is 1. The van der Waals surface area contributed by atoms with Crippen molar-refractivity contribution in [1.29, 1.82) is 0 Å². The third-order valence-corrected chi connectivity index (χ3v) is 7.11. The monoisotopic (exact) mass is 460 g/mol. The molecule has 144 valence electrons. The Morgan fingerprint density at radius 2 is 2.04 bits per heavy atom. The molecule has 1 aliphatic carbocycles. The molecule has 8 heteroatoms. The van der Waals surface area contributed by atoms with Gasteiger partial charge < -0.3 is 4.74 Å². The largest absolute Gasteiger partial charge is 0.496 e. The van der Waals surface area contributed by atoms with Crippen LogP contribution in [0, 0.1) is 0 Å². The van der Waals surface area contributed by atoms with Crippen molar-refractivity contribution in [3.8, 4) is 5.75 Å². The van der Waals surface area contributed by atoms with Crippen molar-refractivity contribution in [1.82, 2.24) is 9.71 Å². The number of carbonyl (C=O) groups excluding carboxylic acids is 1. The standard InChI is InChI=1S/C20H17BrN2O4S/c1-27-17-10-9-15(21)12-7-8-14(19(12)17)20(24)23-28(25,26)18-6-2-5-16-13(18)4-3-11-22-16/h2-6,9-11,14H,7-8H2,1H3,(H,23,24). The molecule has 0 saturated carbocycles. The molecule has 1 aromatic heterocycles. The van der Waals surface area contributed by atoms with Crippen LogP contribution in [0.1, 0.15) is 23.5 Å². The zero-order valence-corrected chi connectivity index (χ0v) is 17.4. The number of methoxy groups -OCH3 is 1. The molecule has 0 spiro atoms. The van der Waals surface area contributed by atoms with Crippen LogP contribution in [0.2, 0.25) is 0 Å². The van der Waals surface area contributed by atoms with E-state index in [1.165, 1.54) is 13.2 Å². The summed E-state index contributed by atoms with van der Waals surface area (Å²) in [5.74, 6) is -0.566. The summed E-state index contributed by atoms with van der Waals surface area (Å²) in [6, 6.07) is 11.8. The van der Waals surface area contributed by atoms with Gasteiger partial charge in [-0.2, -0.15) is 0 Å². The average Bonchev–Trinajstić information content (AvgIpc) is 3.14. The second-order valence-electron chi connectivity index (χ2n) is 6.53. The first kappa shape index (κ1) is 18.9. The molecule has 0 fully saturated rings. The number of hydrogen-bond acceptors (Lipinski definition) is 5. The zero-order valence-electron chi connectivity index (χ0n) is 15.0. The Hall–Kier alpha value is -2.45. The number of halogens is 1. The molecule has 1 heterocycles. The maximum atomic E-state index is 12.9. The predicted molar refractivity (Wildman–Crippen MR) is 109 cm³/mol. The van der Waals surface area contributed by atoms with Gasteiger partial charge in [0.15, 0.2) is 0 Å². The molecule has 1 amide bonds. The van der Waals surface area contributed by atoms with Gasteiger partial charge in [0, 0.05) is 21.6 Å². The molecule has 3 aromatic rings. The molecule has 4 rings (SSSR count). The number of nitrogens with one attached hydrogen (secondary N) is 1. The summed E-state index contributed by atoms with van der Waals surface area (Å²) in [5, 5.41) is 0.470. The van der Waals surface area contributed by atoms with E-state index in [0.717, 1.165) is 15.6 Å². The van der Waals surface area contributed by atoms with Crippen LogP contribution in [-0.2, 0) is 21.2 Å². The Kier molecular flexibility index (Phi) is 4.84. The summed E-state index contributed by atoms with van der Waals surface area (Å²) in [7, 11) is -2.51. The Morgan fingerprint density at radius 1 is 1.21 bits per heavy atom. The molecule has 28 heavy (non-hydrogen) atoms. The molecular formula is C20H17BrN2O4S. The minimum absolute atomic E-state index is 0.0332. The molecule has 0 radical (unpaired) electrons. The van der Waals surface area contributed by atoms with Gasteiger partial charge in [-0.1, -0.05) is 22.0 Å². The van der Waals surface area contributed by atoms with Gasteiger partial charge in [-0.05, 0) is 54.8 Å². The van der Waals surface area contributed by atoms with Crippen molar-refractivity contribution in [3.63, 3.8) is 0 Å². The van der Waals surface area contributed by atoms with E-state index in [9.17, 15) is 13.2 Å². The highest BCUT2D eigenvalue weighted by Gasteiger charge is 2.35. The first-order valence-electron chi connectivity index (χ1n) is 8.68. The van der Waals surface area contributed by atoms with Gasteiger partial charge in [-0.3, -0.25) is 9.78 Å². The van der Waals surface area contributed by atoms with Crippen LogP contribution in [-0.4, -0.2) is 26.4 Å². The first-order valence-corrected chi connectivity index (χ1v) is 11.0. The van der Waals surface area contributed by atoms with Gasteiger partial charge in [0.05, 0.1) is 23.4 Å². The number of fused-ring (bicyclic) bond motifs is 2. The number of rotatable bonds is 4. The van der Waals surface area contributed by atoms with Gasteiger partial charge in [-0.25, -0.2) is 13.1 Å². The summed E-state index contributed by atoms with van der Waals surface area (Å²) >= 11 is 3.50. The smallest absolute Gasteiger partial charge is 0.264 e. The lowest BCUT2D eigenvalue weighted by molar-refractivity contribution is -0.120. The molecule has 0 bridgehead atoms. The van der Waals surface area contributed by atoms with E-state index in [2.05, 4.69) is 25.6 Å². The molecule has 0 aliphatic heterocycles. The van der Waals surface area contributed by atoms with E-state index >= 15 is 0 Å². The Balaban J connectivity index is 1.70. The van der Waals surface area contributed by atoms with E-state index in [4.69, 9.17) is 4.74 Å². The van der Waals surface area contributed by atoms with Crippen molar-refractivity contribution < 1.29 is 17.9 Å². The van der Waals surface area contributed by atoms with Crippen LogP contribution in [0.3, 0.4) is 0 Å². The number of pyridine rings is 1. The molecule has 1 N–H and O–H groups in total. The molecule has 0 saturated heterocycles. The van der Waals surface area contributed by atoms with E-state index in [0.29, 0.717) is 29.5 Å². The number of ether oxygens (including phenoxy) is 1. The highest BCUT2D eigenvalue weighted by molar-refractivity contribution is 9.10. The van der Waals surface area contributed by atoms with Crippen LogP contribution in [0.5, 0.6) is 5.75 Å². The Bertz CT molecular complexity index is 1190. The fourth-order valence-corrected chi connectivity index (χ4v) is 5.47. The lowest BCUT2D eigenvalue weighted by Crippen LogP contribution is -2.34. The maximum Gasteiger partial charge on any atom is 0.264 e. The van der Waals surface area contributed by atoms with Gasteiger partial charge in [0.1, 0.15) is 5.75 Å². The zero-order chi connectivity index (χ0) is 19.9. The lowest BCUT2D eigenvalue weighted by Gasteiger charge is -2.16. The second kappa shape index (κ2) is 7.18. The number of nitrogens with zero attached hydrogens (tertiary/aromatic N) is 1. The number of sulfonamides is 1. The van der Waals surface area contributed by atoms with Crippen LogP contribution < -0.4 is 9.46 Å². The first-order chi connectivity index (χ1) is 13.4. The van der Waals surface area contributed by atoms with Gasteiger partial charge in [0.2, 0.25) is 5.91 Å². The van der Waals surface area contributed by atoms with E-state index in [-0.39, 0.29) is 4.90 Å². The third-order valence-electron chi connectivity index (χ3n) is 4.96.